The molecule has 144 valence electrons. The zero-order valence-corrected chi connectivity index (χ0v) is 17.1. The molecule has 1 aromatic rings. The van der Waals surface area contributed by atoms with Crippen LogP contribution in [0.15, 0.2) is 23.3 Å². The second-order valence-corrected chi connectivity index (χ2v) is 10.4. The molecule has 1 aromatic carbocycles. The van der Waals surface area contributed by atoms with Crippen molar-refractivity contribution in [3.8, 4) is 5.75 Å². The zero-order chi connectivity index (χ0) is 19.9. The number of aromatic hydroxyl groups is 1. The van der Waals surface area contributed by atoms with E-state index in [0.717, 1.165) is 41.5 Å². The van der Waals surface area contributed by atoms with Gasteiger partial charge in [0.25, 0.3) is 11.8 Å². The molecular weight excluding hydrogens is 338 g/mol. The Labute approximate surface area is 161 Å². The van der Waals surface area contributed by atoms with Crippen LogP contribution in [-0.2, 0) is 20.4 Å². The number of nitrogens with zero attached hydrogens (tertiary/aromatic N) is 1. The summed E-state index contributed by atoms with van der Waals surface area (Å²) in [7, 11) is 0. The third kappa shape index (κ3) is 2.56. The molecule has 1 fully saturated rings. The van der Waals surface area contributed by atoms with Crippen molar-refractivity contribution in [1.82, 2.24) is 0 Å². The van der Waals surface area contributed by atoms with Crippen molar-refractivity contribution in [1.29, 1.82) is 0 Å². The lowest BCUT2D eigenvalue weighted by atomic mass is 9.79. The Morgan fingerprint density at radius 3 is 1.63 bits per heavy atom. The molecule has 4 rings (SSSR count). The van der Waals surface area contributed by atoms with Crippen LogP contribution in [0, 0.1) is 11.8 Å². The van der Waals surface area contributed by atoms with Gasteiger partial charge in [-0.25, -0.2) is 4.90 Å². The first-order valence-electron chi connectivity index (χ1n) is 9.92. The van der Waals surface area contributed by atoms with E-state index >= 15 is 0 Å². The van der Waals surface area contributed by atoms with Gasteiger partial charge in [0.15, 0.2) is 0 Å². The van der Waals surface area contributed by atoms with Crippen LogP contribution in [0.5, 0.6) is 5.75 Å². The van der Waals surface area contributed by atoms with Crippen molar-refractivity contribution < 1.29 is 14.7 Å². The van der Waals surface area contributed by atoms with E-state index in [1.165, 1.54) is 4.90 Å². The number of fused-ring (bicyclic) bond motifs is 4. The number of rotatable bonds is 1. The van der Waals surface area contributed by atoms with E-state index in [9.17, 15) is 14.7 Å². The highest BCUT2D eigenvalue weighted by atomic mass is 16.3. The van der Waals surface area contributed by atoms with Crippen molar-refractivity contribution in [2.24, 2.45) is 11.8 Å². The van der Waals surface area contributed by atoms with Gasteiger partial charge in [-0.3, -0.25) is 9.59 Å². The molecule has 0 aromatic heterocycles. The normalized spacial score (nSPS) is 25.0. The highest BCUT2D eigenvalue weighted by Crippen LogP contribution is 2.53. The van der Waals surface area contributed by atoms with Crippen LogP contribution in [0.3, 0.4) is 0 Å². The summed E-state index contributed by atoms with van der Waals surface area (Å²) >= 11 is 0. The maximum absolute atomic E-state index is 13.2. The first-order valence-corrected chi connectivity index (χ1v) is 9.92. The van der Waals surface area contributed by atoms with Gasteiger partial charge < -0.3 is 5.11 Å². The Bertz CT molecular complexity index is 828. The van der Waals surface area contributed by atoms with E-state index in [0.29, 0.717) is 5.69 Å². The lowest BCUT2D eigenvalue weighted by molar-refractivity contribution is -0.121. The summed E-state index contributed by atoms with van der Waals surface area (Å²) in [4.78, 5) is 27.7. The Kier molecular flexibility index (Phi) is 3.70. The number of amides is 2. The maximum atomic E-state index is 13.2. The predicted octanol–water partition coefficient (Wildman–Crippen LogP) is 4.59. The number of carbonyl (C=O) groups excluding carboxylic acids is 2. The van der Waals surface area contributed by atoms with Crippen LogP contribution in [0.2, 0.25) is 0 Å². The number of phenols is 1. The third-order valence-electron chi connectivity index (χ3n) is 6.38. The number of imide groups is 1. The second kappa shape index (κ2) is 5.46. The van der Waals surface area contributed by atoms with Gasteiger partial charge in [-0.05, 0) is 54.1 Å². The molecule has 0 saturated heterocycles. The van der Waals surface area contributed by atoms with Gasteiger partial charge in [-0.2, -0.15) is 0 Å². The van der Waals surface area contributed by atoms with E-state index in [1.54, 1.807) is 0 Å². The second-order valence-electron chi connectivity index (χ2n) is 10.4. The number of benzene rings is 1. The molecule has 2 aliphatic carbocycles. The highest BCUT2D eigenvalue weighted by molar-refractivity contribution is 6.33. The molecule has 1 heterocycles. The Hall–Kier alpha value is -2.10. The van der Waals surface area contributed by atoms with Crippen molar-refractivity contribution in [3.63, 3.8) is 0 Å². The van der Waals surface area contributed by atoms with E-state index in [4.69, 9.17) is 0 Å². The Morgan fingerprint density at radius 1 is 0.852 bits per heavy atom. The molecule has 2 unspecified atom stereocenters. The molecule has 4 nitrogen and oxygen atoms in total. The molecule has 0 spiro atoms. The molecule has 1 N–H and O–H groups in total. The first-order chi connectivity index (χ1) is 12.4. The fourth-order valence-electron chi connectivity index (χ4n) is 4.98. The average molecular weight is 367 g/mol. The largest absolute Gasteiger partial charge is 0.507 e. The molecule has 2 amide bonds. The van der Waals surface area contributed by atoms with Gasteiger partial charge in [0.2, 0.25) is 0 Å². The molecule has 27 heavy (non-hydrogen) atoms. The zero-order valence-electron chi connectivity index (χ0n) is 17.1. The highest BCUT2D eigenvalue weighted by Gasteiger charge is 2.52. The molecule has 1 aliphatic heterocycles. The summed E-state index contributed by atoms with van der Waals surface area (Å²) in [6.07, 6.45) is 3.00. The molecule has 4 heteroatoms. The van der Waals surface area contributed by atoms with Crippen LogP contribution in [0.25, 0.3) is 0 Å². The minimum absolute atomic E-state index is 0.146. The average Bonchev–Trinajstić information content (AvgIpc) is 3.20. The number of hydrogen-bond donors (Lipinski definition) is 1. The molecule has 2 bridgehead atoms. The Morgan fingerprint density at radius 2 is 1.26 bits per heavy atom. The summed E-state index contributed by atoms with van der Waals surface area (Å²) in [5, 5.41) is 10.9. The van der Waals surface area contributed by atoms with Crippen molar-refractivity contribution in [2.45, 2.75) is 71.6 Å². The van der Waals surface area contributed by atoms with E-state index in [2.05, 4.69) is 0 Å². The fourth-order valence-corrected chi connectivity index (χ4v) is 4.98. The Balaban J connectivity index is 1.86. The quantitative estimate of drug-likeness (QED) is 0.739. The van der Waals surface area contributed by atoms with Gasteiger partial charge in [0, 0.05) is 22.3 Å². The van der Waals surface area contributed by atoms with Crippen LogP contribution in [0.4, 0.5) is 5.69 Å². The molecular formula is C23H29NO3. The summed E-state index contributed by atoms with van der Waals surface area (Å²) in [6, 6.07) is 3.65. The monoisotopic (exact) mass is 367 g/mol. The van der Waals surface area contributed by atoms with Gasteiger partial charge in [0.1, 0.15) is 5.75 Å². The number of phenolic OH excluding ortho intramolecular Hbond substituents is 1. The van der Waals surface area contributed by atoms with E-state index in [1.807, 2.05) is 53.7 Å². The predicted molar refractivity (Wildman–Crippen MR) is 106 cm³/mol. The summed E-state index contributed by atoms with van der Waals surface area (Å²) in [5.74, 6) is 0.485. The van der Waals surface area contributed by atoms with Crippen molar-refractivity contribution >= 4 is 17.5 Å². The summed E-state index contributed by atoms with van der Waals surface area (Å²) in [5.41, 5.74) is 3.03. The first kappa shape index (κ1) is 18.3. The van der Waals surface area contributed by atoms with E-state index in [-0.39, 0.29) is 40.2 Å². The van der Waals surface area contributed by atoms with Gasteiger partial charge in [-0.15, -0.1) is 0 Å². The summed E-state index contributed by atoms with van der Waals surface area (Å²) in [6.45, 7) is 12.2. The van der Waals surface area contributed by atoms with Crippen molar-refractivity contribution in [2.75, 3.05) is 4.90 Å². The van der Waals surface area contributed by atoms with Gasteiger partial charge in [-0.1, -0.05) is 41.5 Å². The third-order valence-corrected chi connectivity index (χ3v) is 6.38. The van der Waals surface area contributed by atoms with Crippen LogP contribution in [0.1, 0.15) is 71.9 Å². The molecule has 2 atom stereocenters. The van der Waals surface area contributed by atoms with E-state index < -0.39 is 0 Å². The molecule has 3 aliphatic rings. The summed E-state index contributed by atoms with van der Waals surface area (Å²) < 4.78 is 0. The fraction of sp³-hybridized carbons (Fsp3) is 0.565. The minimum Gasteiger partial charge on any atom is -0.507 e. The van der Waals surface area contributed by atoms with Crippen LogP contribution >= 0.6 is 0 Å². The SMILES string of the molecule is CC(C)(C)c1cc(N2C(=O)C3=C(C2=O)C2CCC3C2)cc(C(C)(C)C)c1O. The molecule has 1 saturated carbocycles. The van der Waals surface area contributed by atoms with Gasteiger partial charge >= 0.3 is 0 Å². The topological polar surface area (TPSA) is 57.6 Å². The standard InChI is InChI=1S/C23H29NO3/c1-22(2,3)15-10-14(11-16(19(15)25)23(4,5)6)24-20(26)17-12-7-8-13(9-12)18(17)21(24)27/h10-13,25H,7-9H2,1-6H3. The lowest BCUT2D eigenvalue weighted by Crippen LogP contribution is -2.34. The van der Waals surface area contributed by atoms with Crippen LogP contribution in [-0.4, -0.2) is 16.9 Å². The van der Waals surface area contributed by atoms with Gasteiger partial charge in [0.05, 0.1) is 5.69 Å². The van der Waals surface area contributed by atoms with Crippen molar-refractivity contribution in [3.05, 3.63) is 34.4 Å². The number of carbonyl (C=O) groups is 2. The smallest absolute Gasteiger partial charge is 0.262 e. The minimum atomic E-state index is -0.304. The lowest BCUT2D eigenvalue weighted by Gasteiger charge is -2.30. The molecule has 0 radical (unpaired) electrons. The maximum Gasteiger partial charge on any atom is 0.262 e. The number of hydrogen-bond acceptors (Lipinski definition) is 3. The number of anilines is 1. The van der Waals surface area contributed by atoms with Crippen LogP contribution < -0.4 is 4.90 Å².